The van der Waals surface area contributed by atoms with E-state index in [-0.39, 0.29) is 43.5 Å². The number of rotatable bonds is 0. The Morgan fingerprint density at radius 2 is 0.818 bits per heavy atom. The van der Waals surface area contributed by atoms with Crippen molar-refractivity contribution in [2.45, 2.75) is 51.6 Å². The molecule has 0 aliphatic rings. The third-order valence-corrected chi connectivity index (χ3v) is 3.18. The van der Waals surface area contributed by atoms with Gasteiger partial charge < -0.3 is 0 Å². The molecule has 0 fully saturated rings. The summed E-state index contributed by atoms with van der Waals surface area (Å²) in [6.07, 6.45) is 0. The number of hydrogen-bond donors (Lipinski definition) is 0. The Bertz CT molecular complexity index is 77.2. The second-order valence-corrected chi connectivity index (χ2v) is 9.89. The molecule has 0 saturated heterocycles. The Balaban J connectivity index is -0.000000320. The molecule has 0 heterocycles. The van der Waals surface area contributed by atoms with Crippen LogP contribution in [0.5, 0.6) is 0 Å². The van der Waals surface area contributed by atoms with Gasteiger partial charge in [-0.2, -0.15) is 0 Å². The van der Waals surface area contributed by atoms with Crippen LogP contribution in [0.3, 0.4) is 0 Å². The first-order valence-electron chi connectivity index (χ1n) is 3.71. The summed E-state index contributed by atoms with van der Waals surface area (Å²) in [5.74, 6) is 0. The first kappa shape index (κ1) is 18.1. The van der Waals surface area contributed by atoms with Crippen molar-refractivity contribution in [3.05, 3.63) is 0 Å². The summed E-state index contributed by atoms with van der Waals surface area (Å²) in [6.45, 7) is 14.1. The van der Waals surface area contributed by atoms with Crippen LogP contribution in [0, 0.1) is 0 Å². The van der Waals surface area contributed by atoms with Crippen molar-refractivity contribution >= 4 is 43.5 Å². The lowest BCUT2D eigenvalue weighted by atomic mass is 10.2. The average molecular weight is 306 g/mol. The van der Waals surface area contributed by atoms with Gasteiger partial charge in [-0.1, -0.05) is 41.5 Å². The standard InChI is InChI=1S/C8H20Si.2BrH/c1-7(2,3)9-8(4,5)6;;/h9H2,1-6H3;2*1H. The maximum atomic E-state index is 2.35. The van der Waals surface area contributed by atoms with Crippen molar-refractivity contribution in [1.82, 2.24) is 0 Å². The Labute approximate surface area is 94.9 Å². The predicted octanol–water partition coefficient (Wildman–Crippen LogP) is 3.75. The summed E-state index contributed by atoms with van der Waals surface area (Å²) in [5, 5.41) is 1.25. The van der Waals surface area contributed by atoms with Crippen LogP contribution in [0.15, 0.2) is 0 Å². The van der Waals surface area contributed by atoms with E-state index in [2.05, 4.69) is 41.5 Å². The van der Waals surface area contributed by atoms with E-state index >= 15 is 0 Å². The zero-order valence-corrected chi connectivity index (χ0v) is 13.4. The van der Waals surface area contributed by atoms with E-state index in [9.17, 15) is 0 Å². The molecule has 0 aromatic rings. The summed E-state index contributed by atoms with van der Waals surface area (Å²) >= 11 is 0. The van der Waals surface area contributed by atoms with Crippen LogP contribution >= 0.6 is 34.0 Å². The van der Waals surface area contributed by atoms with Crippen LogP contribution in [-0.2, 0) is 0 Å². The first-order valence-corrected chi connectivity index (χ1v) is 5.12. The lowest BCUT2D eigenvalue weighted by Gasteiger charge is -2.27. The van der Waals surface area contributed by atoms with E-state index in [0.29, 0.717) is 10.1 Å². The van der Waals surface area contributed by atoms with Crippen molar-refractivity contribution in [1.29, 1.82) is 0 Å². The van der Waals surface area contributed by atoms with E-state index in [1.165, 1.54) is 0 Å². The molecule has 0 aromatic heterocycles. The van der Waals surface area contributed by atoms with Crippen molar-refractivity contribution in [2.75, 3.05) is 0 Å². The molecule has 0 aliphatic heterocycles. The third-order valence-electron chi connectivity index (χ3n) is 1.06. The first-order chi connectivity index (χ1) is 3.71. The fourth-order valence-electron chi connectivity index (χ4n) is 1.59. The molecule has 0 unspecified atom stereocenters. The van der Waals surface area contributed by atoms with Gasteiger partial charge in [0, 0.05) is 9.52 Å². The average Bonchev–Trinajstić information content (AvgIpc) is 1.14. The number of halogens is 2. The van der Waals surface area contributed by atoms with Crippen molar-refractivity contribution in [3.63, 3.8) is 0 Å². The SMILES string of the molecule is Br.Br.CC(C)(C)[SiH2]C(C)(C)C. The van der Waals surface area contributed by atoms with E-state index in [4.69, 9.17) is 0 Å². The van der Waals surface area contributed by atoms with E-state index < -0.39 is 0 Å². The Kier molecular flexibility index (Phi) is 9.46. The molecule has 0 radical (unpaired) electrons. The Morgan fingerprint density at radius 3 is 0.818 bits per heavy atom. The molecular formula is C8H22Br2Si. The van der Waals surface area contributed by atoms with Gasteiger partial charge in [-0.15, -0.1) is 34.0 Å². The van der Waals surface area contributed by atoms with Gasteiger partial charge in [-0.3, -0.25) is 0 Å². The smallest absolute Gasteiger partial charge is 0.0320 e. The quantitative estimate of drug-likeness (QED) is 0.598. The van der Waals surface area contributed by atoms with Crippen LogP contribution in [0.25, 0.3) is 0 Å². The molecule has 0 atom stereocenters. The van der Waals surface area contributed by atoms with E-state index in [0.717, 1.165) is 0 Å². The van der Waals surface area contributed by atoms with E-state index in [1.807, 2.05) is 0 Å². The number of hydrogen-bond acceptors (Lipinski definition) is 0. The van der Waals surface area contributed by atoms with Crippen LogP contribution in [0.2, 0.25) is 10.1 Å². The monoisotopic (exact) mass is 304 g/mol. The zero-order valence-electron chi connectivity index (χ0n) is 8.52. The van der Waals surface area contributed by atoms with Crippen LogP contribution in [0.1, 0.15) is 41.5 Å². The highest BCUT2D eigenvalue weighted by molar-refractivity contribution is 8.93. The van der Waals surface area contributed by atoms with Gasteiger partial charge in [0.15, 0.2) is 0 Å². The largest absolute Gasteiger partial charge is 0.114 e. The van der Waals surface area contributed by atoms with Gasteiger partial charge in [0.25, 0.3) is 0 Å². The summed E-state index contributed by atoms with van der Waals surface area (Å²) in [6, 6.07) is 0. The molecule has 11 heavy (non-hydrogen) atoms. The molecule has 0 bridgehead atoms. The highest BCUT2D eigenvalue weighted by atomic mass is 79.9. The van der Waals surface area contributed by atoms with Gasteiger partial charge in [-0.25, -0.2) is 0 Å². The van der Waals surface area contributed by atoms with Gasteiger partial charge in [0.05, 0.1) is 0 Å². The van der Waals surface area contributed by atoms with Gasteiger partial charge in [0.2, 0.25) is 0 Å². The third kappa shape index (κ3) is 18.3. The second-order valence-electron chi connectivity index (χ2n) is 5.30. The van der Waals surface area contributed by atoms with Crippen LogP contribution < -0.4 is 0 Å². The predicted molar refractivity (Wildman–Crippen MR) is 68.6 cm³/mol. The van der Waals surface area contributed by atoms with Gasteiger partial charge >= 0.3 is 0 Å². The minimum atomic E-state index is 0. The molecule has 0 N–H and O–H groups in total. The van der Waals surface area contributed by atoms with Crippen molar-refractivity contribution < 1.29 is 0 Å². The lowest BCUT2D eigenvalue weighted by molar-refractivity contribution is 0.668. The molecule has 0 nitrogen and oxygen atoms in total. The fraction of sp³-hybridized carbons (Fsp3) is 1.00. The van der Waals surface area contributed by atoms with Crippen molar-refractivity contribution in [2.24, 2.45) is 0 Å². The Hall–Kier alpha value is 1.18. The van der Waals surface area contributed by atoms with Gasteiger partial charge in [0.1, 0.15) is 0 Å². The molecule has 0 saturated carbocycles. The maximum absolute atomic E-state index is 2.35. The Morgan fingerprint density at radius 1 is 0.636 bits per heavy atom. The molecule has 3 heteroatoms. The van der Waals surface area contributed by atoms with Crippen molar-refractivity contribution in [3.8, 4) is 0 Å². The van der Waals surface area contributed by atoms with Crippen LogP contribution in [0.4, 0.5) is 0 Å². The summed E-state index contributed by atoms with van der Waals surface area (Å²) in [7, 11) is 0.0880. The maximum Gasteiger partial charge on any atom is 0.0320 e. The van der Waals surface area contributed by atoms with Gasteiger partial charge in [-0.05, 0) is 10.1 Å². The van der Waals surface area contributed by atoms with E-state index in [1.54, 1.807) is 0 Å². The highest BCUT2D eigenvalue weighted by Crippen LogP contribution is 2.33. The molecule has 0 aliphatic carbocycles. The second kappa shape index (κ2) is 5.76. The zero-order chi connectivity index (χ0) is 7.71. The molecule has 72 valence electrons. The highest BCUT2D eigenvalue weighted by Gasteiger charge is 2.20. The minimum Gasteiger partial charge on any atom is -0.114 e. The molecular weight excluding hydrogens is 284 g/mol. The minimum absolute atomic E-state index is 0. The normalized spacial score (nSPS) is 11.5. The molecule has 0 aromatic carbocycles. The lowest BCUT2D eigenvalue weighted by Crippen LogP contribution is -2.18. The summed E-state index contributed by atoms with van der Waals surface area (Å²) in [5.41, 5.74) is 0. The van der Waals surface area contributed by atoms with Crippen LogP contribution in [-0.4, -0.2) is 9.52 Å². The summed E-state index contributed by atoms with van der Waals surface area (Å²) < 4.78 is 0. The summed E-state index contributed by atoms with van der Waals surface area (Å²) in [4.78, 5) is 0. The molecule has 0 spiro atoms. The topological polar surface area (TPSA) is 0 Å². The fourth-order valence-corrected chi connectivity index (χ4v) is 4.77. The molecule has 0 rings (SSSR count). The molecule has 0 amide bonds.